The molecule has 0 aromatic carbocycles. The lowest BCUT2D eigenvalue weighted by Crippen LogP contribution is -2.41. The summed E-state index contributed by atoms with van der Waals surface area (Å²) < 4.78 is 27.5. The van der Waals surface area contributed by atoms with Crippen LogP contribution >= 0.6 is 11.8 Å². The third-order valence-corrected chi connectivity index (χ3v) is 5.90. The fourth-order valence-corrected chi connectivity index (χ4v) is 5.03. The van der Waals surface area contributed by atoms with Gasteiger partial charge in [0.2, 0.25) is 0 Å². The first kappa shape index (κ1) is 14.4. The maximum absolute atomic E-state index is 12.4. The van der Waals surface area contributed by atoms with E-state index in [1.165, 1.54) is 18.0 Å². The number of carboxylic acids is 1. The van der Waals surface area contributed by atoms with E-state index >= 15 is 0 Å². The minimum atomic E-state index is -3.84. The number of thioether (sulfide) groups is 1. The fourth-order valence-electron chi connectivity index (χ4n) is 1.90. The highest BCUT2D eigenvalue weighted by Crippen LogP contribution is 2.28. The van der Waals surface area contributed by atoms with Crippen LogP contribution in [0.5, 0.6) is 0 Å². The molecule has 1 fully saturated rings. The van der Waals surface area contributed by atoms with Gasteiger partial charge in [-0.3, -0.25) is 4.79 Å². The molecule has 7 nitrogen and oxygen atoms in total. The highest BCUT2D eigenvalue weighted by molar-refractivity contribution is 8.00. The molecule has 0 bridgehead atoms. The third-order valence-electron chi connectivity index (χ3n) is 2.99. The molecule has 1 unspecified atom stereocenters. The standard InChI is InChI=1S/C10H15N3O4S2/c1-3-12-4-9(11-7(12)2)19(16,17)13-6-18-5-8(13)10(14)15/h4,8H,3,5-6H2,1-2H3,(H,14,15). The molecule has 0 aliphatic carbocycles. The number of sulfonamides is 1. The lowest BCUT2D eigenvalue weighted by atomic mass is 10.4. The van der Waals surface area contributed by atoms with Gasteiger partial charge in [0.25, 0.3) is 10.0 Å². The summed E-state index contributed by atoms with van der Waals surface area (Å²) in [6.07, 6.45) is 1.45. The Morgan fingerprint density at radius 3 is 2.84 bits per heavy atom. The lowest BCUT2D eigenvalue weighted by Gasteiger charge is -2.18. The molecule has 1 saturated heterocycles. The van der Waals surface area contributed by atoms with Gasteiger partial charge in [0.05, 0.1) is 5.88 Å². The van der Waals surface area contributed by atoms with Gasteiger partial charge < -0.3 is 9.67 Å². The smallest absolute Gasteiger partial charge is 0.322 e. The van der Waals surface area contributed by atoms with E-state index in [0.29, 0.717) is 12.4 Å². The highest BCUT2D eigenvalue weighted by atomic mass is 32.2. The zero-order chi connectivity index (χ0) is 14.2. The van der Waals surface area contributed by atoms with Gasteiger partial charge in [-0.25, -0.2) is 13.4 Å². The Morgan fingerprint density at radius 2 is 2.32 bits per heavy atom. The Kier molecular flexibility index (Phi) is 3.88. The largest absolute Gasteiger partial charge is 0.480 e. The van der Waals surface area contributed by atoms with Crippen LogP contribution in [-0.4, -0.2) is 51.0 Å². The molecule has 1 atom stereocenters. The molecule has 2 heterocycles. The normalized spacial score (nSPS) is 20.8. The topological polar surface area (TPSA) is 92.5 Å². The molecule has 1 aromatic heterocycles. The van der Waals surface area contributed by atoms with Crippen LogP contribution in [0.25, 0.3) is 0 Å². The van der Waals surface area contributed by atoms with Crippen molar-refractivity contribution in [3.63, 3.8) is 0 Å². The molecule has 1 aromatic rings. The first-order valence-electron chi connectivity index (χ1n) is 5.74. The van der Waals surface area contributed by atoms with E-state index < -0.39 is 22.0 Å². The summed E-state index contributed by atoms with van der Waals surface area (Å²) in [6.45, 7) is 4.22. The van der Waals surface area contributed by atoms with Crippen LogP contribution in [0.3, 0.4) is 0 Å². The van der Waals surface area contributed by atoms with E-state index in [1.54, 1.807) is 11.5 Å². The predicted molar refractivity (Wildman–Crippen MR) is 70.4 cm³/mol. The summed E-state index contributed by atoms with van der Waals surface area (Å²) in [7, 11) is -3.84. The maximum Gasteiger partial charge on any atom is 0.322 e. The van der Waals surface area contributed by atoms with Gasteiger partial charge in [0, 0.05) is 18.5 Å². The van der Waals surface area contributed by atoms with Gasteiger partial charge in [-0.2, -0.15) is 4.31 Å². The summed E-state index contributed by atoms with van der Waals surface area (Å²) in [4.78, 5) is 15.1. The van der Waals surface area contributed by atoms with Crippen molar-refractivity contribution in [1.82, 2.24) is 13.9 Å². The number of aliphatic carboxylic acids is 1. The molecule has 1 N–H and O–H groups in total. The summed E-state index contributed by atoms with van der Waals surface area (Å²) in [5.74, 6) is -0.112. The fraction of sp³-hybridized carbons (Fsp3) is 0.600. The molecule has 1 aliphatic heterocycles. The van der Waals surface area contributed by atoms with Crippen LogP contribution in [-0.2, 0) is 21.4 Å². The average molecular weight is 305 g/mol. The molecular weight excluding hydrogens is 290 g/mol. The lowest BCUT2D eigenvalue weighted by molar-refractivity contribution is -0.140. The Morgan fingerprint density at radius 1 is 1.63 bits per heavy atom. The van der Waals surface area contributed by atoms with Crippen molar-refractivity contribution in [1.29, 1.82) is 0 Å². The predicted octanol–water partition coefficient (Wildman–Crippen LogP) is 0.360. The molecule has 0 saturated carbocycles. The number of imidazole rings is 1. The van der Waals surface area contributed by atoms with Crippen LogP contribution in [0.15, 0.2) is 11.2 Å². The Bertz CT molecular complexity index is 596. The van der Waals surface area contributed by atoms with Crippen LogP contribution < -0.4 is 0 Å². The SMILES string of the molecule is CCn1cc(S(=O)(=O)N2CSCC2C(=O)O)nc1C. The Hall–Kier alpha value is -1.06. The molecule has 19 heavy (non-hydrogen) atoms. The van der Waals surface area contributed by atoms with E-state index in [9.17, 15) is 13.2 Å². The number of nitrogens with zero attached hydrogens (tertiary/aromatic N) is 3. The van der Waals surface area contributed by atoms with Crippen LogP contribution in [0.2, 0.25) is 0 Å². The van der Waals surface area contributed by atoms with E-state index in [4.69, 9.17) is 5.11 Å². The first-order valence-corrected chi connectivity index (χ1v) is 8.33. The van der Waals surface area contributed by atoms with Gasteiger partial charge in [-0.1, -0.05) is 0 Å². The molecular formula is C10H15N3O4S2. The highest BCUT2D eigenvalue weighted by Gasteiger charge is 2.41. The van der Waals surface area contributed by atoms with Gasteiger partial charge in [0.15, 0.2) is 5.03 Å². The minimum absolute atomic E-state index is 0.0828. The number of hydrogen-bond acceptors (Lipinski definition) is 5. The quantitative estimate of drug-likeness (QED) is 0.863. The van der Waals surface area contributed by atoms with E-state index in [2.05, 4.69) is 4.98 Å². The summed E-state index contributed by atoms with van der Waals surface area (Å²) in [5, 5.41) is 8.97. The second-order valence-corrected chi connectivity index (χ2v) is 7.00. The molecule has 0 radical (unpaired) electrons. The second kappa shape index (κ2) is 5.14. The zero-order valence-electron chi connectivity index (χ0n) is 10.6. The van der Waals surface area contributed by atoms with Crippen molar-refractivity contribution >= 4 is 27.8 Å². The van der Waals surface area contributed by atoms with Crippen molar-refractivity contribution in [2.24, 2.45) is 0 Å². The van der Waals surface area contributed by atoms with Gasteiger partial charge in [0.1, 0.15) is 11.9 Å². The first-order chi connectivity index (χ1) is 8.87. The van der Waals surface area contributed by atoms with Crippen molar-refractivity contribution in [3.05, 3.63) is 12.0 Å². The van der Waals surface area contributed by atoms with E-state index in [1.807, 2.05) is 6.92 Å². The number of aryl methyl sites for hydroxylation is 2. The third kappa shape index (κ3) is 2.49. The van der Waals surface area contributed by atoms with Gasteiger partial charge in [-0.05, 0) is 13.8 Å². The minimum Gasteiger partial charge on any atom is -0.480 e. The number of hydrogen-bond donors (Lipinski definition) is 1. The van der Waals surface area contributed by atoms with Crippen molar-refractivity contribution in [2.45, 2.75) is 31.5 Å². The summed E-state index contributed by atoms with van der Waals surface area (Å²) >= 11 is 1.29. The zero-order valence-corrected chi connectivity index (χ0v) is 12.2. The maximum atomic E-state index is 12.4. The average Bonchev–Trinajstić information content (AvgIpc) is 2.94. The molecule has 0 spiro atoms. The molecule has 0 amide bonds. The second-order valence-electron chi connectivity index (χ2n) is 4.16. The van der Waals surface area contributed by atoms with Crippen LogP contribution in [0.4, 0.5) is 0 Å². The Labute approximate surface area is 115 Å². The Balaban J connectivity index is 2.38. The van der Waals surface area contributed by atoms with E-state index in [0.717, 1.165) is 4.31 Å². The molecule has 106 valence electrons. The number of carboxylic acid groups (broad SMARTS) is 1. The van der Waals surface area contributed by atoms with Crippen LogP contribution in [0.1, 0.15) is 12.7 Å². The van der Waals surface area contributed by atoms with Gasteiger partial charge >= 0.3 is 5.97 Å². The number of rotatable bonds is 4. The number of aromatic nitrogens is 2. The molecule has 9 heteroatoms. The van der Waals surface area contributed by atoms with Crippen molar-refractivity contribution in [2.75, 3.05) is 11.6 Å². The molecule has 2 rings (SSSR count). The van der Waals surface area contributed by atoms with Crippen molar-refractivity contribution in [3.8, 4) is 0 Å². The van der Waals surface area contributed by atoms with Crippen LogP contribution in [0, 0.1) is 6.92 Å². The monoisotopic (exact) mass is 305 g/mol. The summed E-state index contributed by atoms with van der Waals surface area (Å²) in [5.41, 5.74) is 0. The van der Waals surface area contributed by atoms with E-state index in [-0.39, 0.29) is 16.7 Å². The number of carbonyl (C=O) groups is 1. The van der Waals surface area contributed by atoms with Crippen molar-refractivity contribution < 1.29 is 18.3 Å². The summed E-state index contributed by atoms with van der Waals surface area (Å²) in [6, 6.07) is -1.01. The van der Waals surface area contributed by atoms with Gasteiger partial charge in [-0.15, -0.1) is 11.8 Å². The molecule has 1 aliphatic rings.